The molecule has 0 fully saturated rings. The minimum absolute atomic E-state index is 0.000266. The Morgan fingerprint density at radius 1 is 1.32 bits per heavy atom. The number of carbonyl (C=O) groups is 1. The smallest absolute Gasteiger partial charge is 0.410 e. The molecule has 0 spiro atoms. The molecule has 3 aromatic rings. The number of hydrogen-bond donors (Lipinski definition) is 0. The van der Waals surface area contributed by atoms with E-state index in [0.717, 1.165) is 20.8 Å². The lowest BCUT2D eigenvalue weighted by molar-refractivity contribution is 0.103. The van der Waals surface area contributed by atoms with E-state index in [1.54, 1.807) is 16.4 Å². The third kappa shape index (κ3) is 3.42. The third-order valence-corrected chi connectivity index (χ3v) is 6.60. The first-order chi connectivity index (χ1) is 13.6. The lowest BCUT2D eigenvalue weighted by Gasteiger charge is -2.25. The Bertz CT molecular complexity index is 1080. The van der Waals surface area contributed by atoms with Gasteiger partial charge < -0.3 is 9.64 Å². The Morgan fingerprint density at radius 2 is 2.11 bits per heavy atom. The van der Waals surface area contributed by atoms with Crippen molar-refractivity contribution in [2.75, 3.05) is 19.4 Å². The van der Waals surface area contributed by atoms with Crippen molar-refractivity contribution < 1.29 is 9.53 Å². The topological polar surface area (TPSA) is 64.4 Å². The largest absolute Gasteiger partial charge is 0.450 e. The van der Waals surface area contributed by atoms with Crippen LogP contribution in [0.1, 0.15) is 22.9 Å². The molecule has 0 unspecified atom stereocenters. The van der Waals surface area contributed by atoms with Crippen molar-refractivity contribution in [3.05, 3.63) is 56.7 Å². The quantitative estimate of drug-likeness (QED) is 0.480. The number of fused-ring (bicyclic) bond motifs is 3. The van der Waals surface area contributed by atoms with E-state index >= 15 is 0 Å². The molecule has 1 aliphatic heterocycles. The van der Waals surface area contributed by atoms with Crippen molar-refractivity contribution in [3.8, 4) is 0 Å². The maximum Gasteiger partial charge on any atom is 0.410 e. The fourth-order valence-electron chi connectivity index (χ4n) is 3.49. The second kappa shape index (κ2) is 7.97. The summed E-state index contributed by atoms with van der Waals surface area (Å²) in [6.07, 6.45) is 2.28. The van der Waals surface area contributed by atoms with Gasteiger partial charge in [0.05, 0.1) is 25.1 Å². The van der Waals surface area contributed by atoms with Crippen LogP contribution >= 0.6 is 23.1 Å². The van der Waals surface area contributed by atoms with Crippen molar-refractivity contribution in [3.63, 3.8) is 0 Å². The Kier molecular flexibility index (Phi) is 5.41. The maximum atomic E-state index is 13.4. The zero-order valence-electron chi connectivity index (χ0n) is 15.8. The van der Waals surface area contributed by atoms with Crippen LogP contribution in [-0.2, 0) is 24.2 Å². The van der Waals surface area contributed by atoms with Crippen molar-refractivity contribution in [1.82, 2.24) is 14.5 Å². The molecular formula is C20H21N3O3S2. The van der Waals surface area contributed by atoms with E-state index in [2.05, 4.69) is 0 Å². The third-order valence-electron chi connectivity index (χ3n) is 4.82. The van der Waals surface area contributed by atoms with Crippen molar-refractivity contribution >= 4 is 39.4 Å². The molecule has 0 aliphatic carbocycles. The van der Waals surface area contributed by atoms with Gasteiger partial charge in [-0.2, -0.15) is 0 Å². The highest BCUT2D eigenvalue weighted by Gasteiger charge is 2.27. The monoisotopic (exact) mass is 415 g/mol. The van der Waals surface area contributed by atoms with Gasteiger partial charge in [0.1, 0.15) is 4.83 Å². The first-order valence-corrected chi connectivity index (χ1v) is 11.2. The number of thioether (sulfide) groups is 1. The Hall–Kier alpha value is -2.32. The van der Waals surface area contributed by atoms with Gasteiger partial charge >= 0.3 is 6.09 Å². The van der Waals surface area contributed by atoms with E-state index in [1.807, 2.05) is 36.6 Å². The second-order valence-corrected chi connectivity index (χ2v) is 8.39. The molecule has 3 heterocycles. The molecule has 146 valence electrons. The highest BCUT2D eigenvalue weighted by atomic mass is 32.2. The van der Waals surface area contributed by atoms with E-state index in [9.17, 15) is 9.59 Å². The minimum Gasteiger partial charge on any atom is -0.450 e. The summed E-state index contributed by atoms with van der Waals surface area (Å²) in [6, 6.07) is 9.94. The summed E-state index contributed by atoms with van der Waals surface area (Å²) in [4.78, 5) is 33.7. The highest BCUT2D eigenvalue weighted by molar-refractivity contribution is 7.98. The molecule has 8 heteroatoms. The van der Waals surface area contributed by atoms with Crippen LogP contribution in [0.4, 0.5) is 4.79 Å². The second-order valence-electron chi connectivity index (χ2n) is 6.53. The number of thiophene rings is 1. The average Bonchev–Trinajstić information content (AvgIpc) is 3.08. The number of hydrogen-bond acceptors (Lipinski definition) is 6. The first-order valence-electron chi connectivity index (χ1n) is 9.17. The molecule has 0 radical (unpaired) electrons. The van der Waals surface area contributed by atoms with E-state index in [4.69, 9.17) is 9.72 Å². The highest BCUT2D eigenvalue weighted by Crippen LogP contribution is 2.33. The predicted octanol–water partition coefficient (Wildman–Crippen LogP) is 3.74. The van der Waals surface area contributed by atoms with Gasteiger partial charge in [-0.15, -0.1) is 11.3 Å². The molecule has 4 rings (SSSR count). The van der Waals surface area contributed by atoms with Gasteiger partial charge in [0, 0.05) is 11.4 Å². The number of ether oxygens (including phenoxy) is 1. The summed E-state index contributed by atoms with van der Waals surface area (Å²) < 4.78 is 6.88. The maximum absolute atomic E-state index is 13.4. The SMILES string of the molecule is CCOC(=O)N1CCc2c(sc3nc(SC)n(Cc4ccccc4)c(=O)c23)C1. The summed E-state index contributed by atoms with van der Waals surface area (Å²) >= 11 is 2.99. The van der Waals surface area contributed by atoms with Crippen LogP contribution in [0.2, 0.25) is 0 Å². The molecule has 0 bridgehead atoms. The zero-order valence-corrected chi connectivity index (χ0v) is 17.4. The van der Waals surface area contributed by atoms with Crippen LogP contribution in [-0.4, -0.2) is 40.0 Å². The van der Waals surface area contributed by atoms with Gasteiger partial charge in [-0.3, -0.25) is 9.36 Å². The van der Waals surface area contributed by atoms with Crippen LogP contribution in [0.3, 0.4) is 0 Å². The van der Waals surface area contributed by atoms with E-state index < -0.39 is 0 Å². The van der Waals surface area contributed by atoms with Gasteiger partial charge in [0.15, 0.2) is 5.16 Å². The van der Waals surface area contributed by atoms with Gasteiger partial charge in [-0.25, -0.2) is 9.78 Å². The number of amides is 1. The van der Waals surface area contributed by atoms with Crippen LogP contribution in [0.5, 0.6) is 0 Å². The van der Waals surface area contributed by atoms with Gasteiger partial charge in [0.25, 0.3) is 5.56 Å². The lowest BCUT2D eigenvalue weighted by atomic mass is 10.1. The molecule has 1 amide bonds. The standard InChI is InChI=1S/C20H21N3O3S2/c1-3-26-20(25)22-10-9-14-15(12-22)28-17-16(14)18(24)23(19(21-17)27-2)11-13-7-5-4-6-8-13/h4-8H,3,9-12H2,1-2H3. The summed E-state index contributed by atoms with van der Waals surface area (Å²) in [5.74, 6) is 0. The molecule has 0 saturated heterocycles. The lowest BCUT2D eigenvalue weighted by Crippen LogP contribution is -2.36. The van der Waals surface area contributed by atoms with Crippen LogP contribution in [0.15, 0.2) is 40.3 Å². The molecular weight excluding hydrogens is 394 g/mol. The fourth-order valence-corrected chi connectivity index (χ4v) is 5.32. The fraction of sp³-hybridized carbons (Fsp3) is 0.350. The molecule has 0 N–H and O–H groups in total. The predicted molar refractivity (Wildman–Crippen MR) is 112 cm³/mol. The molecule has 0 saturated carbocycles. The number of rotatable bonds is 4. The summed E-state index contributed by atoms with van der Waals surface area (Å²) in [7, 11) is 0. The molecule has 1 aromatic carbocycles. The van der Waals surface area contributed by atoms with Crippen molar-refractivity contribution in [2.24, 2.45) is 0 Å². The van der Waals surface area contributed by atoms with Gasteiger partial charge in [0.2, 0.25) is 0 Å². The minimum atomic E-state index is -0.301. The van der Waals surface area contributed by atoms with Crippen LogP contribution in [0, 0.1) is 0 Å². The van der Waals surface area contributed by atoms with Crippen molar-refractivity contribution in [2.45, 2.75) is 31.6 Å². The summed E-state index contributed by atoms with van der Waals surface area (Å²) in [5.41, 5.74) is 2.10. The van der Waals surface area contributed by atoms with E-state index in [1.165, 1.54) is 23.1 Å². The Balaban J connectivity index is 1.77. The zero-order chi connectivity index (χ0) is 19.7. The Labute approximate surface area is 171 Å². The normalized spacial score (nSPS) is 13.6. The average molecular weight is 416 g/mol. The number of carbonyl (C=O) groups excluding carboxylic acids is 1. The number of benzene rings is 1. The van der Waals surface area contributed by atoms with Crippen LogP contribution < -0.4 is 5.56 Å². The molecule has 28 heavy (non-hydrogen) atoms. The summed E-state index contributed by atoms with van der Waals surface area (Å²) in [5, 5.41) is 1.42. The molecule has 1 aliphatic rings. The number of nitrogens with zero attached hydrogens (tertiary/aromatic N) is 3. The van der Waals surface area contributed by atoms with Gasteiger partial charge in [-0.05, 0) is 30.7 Å². The Morgan fingerprint density at radius 3 is 2.82 bits per heavy atom. The molecule has 2 aromatic heterocycles. The first kappa shape index (κ1) is 19.0. The van der Waals surface area contributed by atoms with E-state index in [0.29, 0.717) is 43.2 Å². The number of aromatic nitrogens is 2. The van der Waals surface area contributed by atoms with Crippen LogP contribution in [0.25, 0.3) is 10.2 Å². The summed E-state index contributed by atoms with van der Waals surface area (Å²) in [6.45, 7) is 3.69. The molecule has 6 nitrogen and oxygen atoms in total. The van der Waals surface area contributed by atoms with Gasteiger partial charge in [-0.1, -0.05) is 42.1 Å². The van der Waals surface area contributed by atoms with Crippen molar-refractivity contribution in [1.29, 1.82) is 0 Å². The van der Waals surface area contributed by atoms with E-state index in [-0.39, 0.29) is 11.7 Å². The molecule has 0 atom stereocenters.